The number of aromatic nitrogens is 2. The van der Waals surface area contributed by atoms with Crippen molar-refractivity contribution in [2.75, 3.05) is 6.54 Å². The Labute approximate surface area is 120 Å². The van der Waals surface area contributed by atoms with Gasteiger partial charge in [-0.3, -0.25) is 9.69 Å². The summed E-state index contributed by atoms with van der Waals surface area (Å²) in [5.74, 6) is 0.322. The minimum absolute atomic E-state index is 0.146. The summed E-state index contributed by atoms with van der Waals surface area (Å²) in [4.78, 5) is 14.1. The van der Waals surface area contributed by atoms with Crippen LogP contribution in [0.5, 0.6) is 0 Å². The average Bonchev–Trinajstić information content (AvgIpc) is 3.10. The summed E-state index contributed by atoms with van der Waals surface area (Å²) in [7, 11) is 0. The van der Waals surface area contributed by atoms with Crippen molar-refractivity contribution < 1.29 is 14.3 Å². The average molecular weight is 293 g/mol. The number of nitrogens with zero attached hydrogens (tertiary/aromatic N) is 3. The number of rotatable bonds is 4. The SMILES string of the molecule is CC1CCN(Cc2nnc(-c3cccs3)o2)C1C(=O)O. The van der Waals surface area contributed by atoms with Gasteiger partial charge in [-0.25, -0.2) is 0 Å². The lowest BCUT2D eigenvalue weighted by Gasteiger charge is -2.21. The van der Waals surface area contributed by atoms with E-state index in [9.17, 15) is 9.90 Å². The van der Waals surface area contributed by atoms with Crippen molar-refractivity contribution in [1.82, 2.24) is 15.1 Å². The molecule has 2 aromatic heterocycles. The molecule has 106 valence electrons. The van der Waals surface area contributed by atoms with E-state index in [0.29, 0.717) is 18.3 Å². The smallest absolute Gasteiger partial charge is 0.321 e. The highest BCUT2D eigenvalue weighted by Crippen LogP contribution is 2.27. The molecule has 0 radical (unpaired) electrons. The number of hydrogen-bond donors (Lipinski definition) is 1. The zero-order chi connectivity index (χ0) is 14.1. The van der Waals surface area contributed by atoms with Crippen molar-refractivity contribution >= 4 is 17.3 Å². The van der Waals surface area contributed by atoms with Gasteiger partial charge in [0.15, 0.2) is 0 Å². The van der Waals surface area contributed by atoms with Crippen LogP contribution in [0.2, 0.25) is 0 Å². The third kappa shape index (κ3) is 2.46. The predicted octanol–water partition coefficient (Wildman–Crippen LogP) is 2.09. The molecule has 3 rings (SSSR count). The zero-order valence-electron chi connectivity index (χ0n) is 11.0. The Balaban J connectivity index is 1.74. The van der Waals surface area contributed by atoms with Crippen molar-refractivity contribution in [2.24, 2.45) is 5.92 Å². The van der Waals surface area contributed by atoms with Crippen LogP contribution in [0, 0.1) is 5.92 Å². The van der Waals surface area contributed by atoms with Gasteiger partial charge in [0, 0.05) is 0 Å². The fourth-order valence-electron chi connectivity index (χ4n) is 2.59. The maximum absolute atomic E-state index is 11.3. The van der Waals surface area contributed by atoms with Crippen LogP contribution in [0.3, 0.4) is 0 Å². The molecule has 1 aliphatic heterocycles. The van der Waals surface area contributed by atoms with Crippen LogP contribution < -0.4 is 0 Å². The van der Waals surface area contributed by atoms with Gasteiger partial charge in [-0.15, -0.1) is 21.5 Å². The summed E-state index contributed by atoms with van der Waals surface area (Å²) in [6.07, 6.45) is 0.878. The topological polar surface area (TPSA) is 79.5 Å². The van der Waals surface area contributed by atoms with Crippen molar-refractivity contribution in [2.45, 2.75) is 25.9 Å². The lowest BCUT2D eigenvalue weighted by atomic mass is 10.0. The van der Waals surface area contributed by atoms with E-state index in [0.717, 1.165) is 17.8 Å². The van der Waals surface area contributed by atoms with E-state index in [-0.39, 0.29) is 5.92 Å². The maximum Gasteiger partial charge on any atom is 0.321 e. The van der Waals surface area contributed by atoms with E-state index in [4.69, 9.17) is 4.42 Å². The second-order valence-corrected chi connectivity index (χ2v) is 5.95. The lowest BCUT2D eigenvalue weighted by molar-refractivity contribution is -0.143. The van der Waals surface area contributed by atoms with Gasteiger partial charge in [-0.2, -0.15) is 0 Å². The third-order valence-electron chi connectivity index (χ3n) is 3.59. The number of thiophene rings is 1. The summed E-state index contributed by atoms with van der Waals surface area (Å²) >= 11 is 1.53. The van der Waals surface area contributed by atoms with Crippen LogP contribution in [0.25, 0.3) is 10.8 Å². The number of carboxylic acid groups (broad SMARTS) is 1. The summed E-state index contributed by atoms with van der Waals surface area (Å²) < 4.78 is 5.61. The molecule has 2 unspecified atom stereocenters. The van der Waals surface area contributed by atoms with E-state index < -0.39 is 12.0 Å². The molecule has 1 aliphatic rings. The molecule has 0 aliphatic carbocycles. The Morgan fingerprint density at radius 1 is 1.60 bits per heavy atom. The molecule has 2 atom stereocenters. The van der Waals surface area contributed by atoms with Crippen LogP contribution >= 0.6 is 11.3 Å². The van der Waals surface area contributed by atoms with Gasteiger partial charge in [-0.1, -0.05) is 13.0 Å². The first-order chi connectivity index (χ1) is 9.65. The summed E-state index contributed by atoms with van der Waals surface area (Å²) in [5, 5.41) is 19.2. The molecule has 0 bridgehead atoms. The predicted molar refractivity (Wildman–Crippen MR) is 73.2 cm³/mol. The molecule has 3 heterocycles. The molecule has 0 aromatic carbocycles. The van der Waals surface area contributed by atoms with Crippen LogP contribution in [0.1, 0.15) is 19.2 Å². The van der Waals surface area contributed by atoms with Gasteiger partial charge in [-0.05, 0) is 30.3 Å². The second-order valence-electron chi connectivity index (χ2n) is 5.00. The Kier molecular flexibility index (Phi) is 3.54. The molecule has 20 heavy (non-hydrogen) atoms. The monoisotopic (exact) mass is 293 g/mol. The molecular weight excluding hydrogens is 278 g/mol. The van der Waals surface area contributed by atoms with E-state index in [1.54, 1.807) is 0 Å². The fraction of sp³-hybridized carbons (Fsp3) is 0.462. The number of hydrogen-bond acceptors (Lipinski definition) is 6. The van der Waals surface area contributed by atoms with Crippen molar-refractivity contribution in [3.8, 4) is 10.8 Å². The first-order valence-corrected chi connectivity index (χ1v) is 7.36. The van der Waals surface area contributed by atoms with Gasteiger partial charge >= 0.3 is 5.97 Å². The quantitative estimate of drug-likeness (QED) is 0.930. The maximum atomic E-state index is 11.3. The molecule has 0 amide bonds. The van der Waals surface area contributed by atoms with Gasteiger partial charge in [0.25, 0.3) is 5.89 Å². The van der Waals surface area contributed by atoms with Crippen LogP contribution in [0.4, 0.5) is 0 Å². The minimum atomic E-state index is -0.784. The van der Waals surface area contributed by atoms with Crippen LogP contribution in [-0.2, 0) is 11.3 Å². The number of aliphatic carboxylic acids is 1. The first-order valence-electron chi connectivity index (χ1n) is 6.48. The molecule has 6 nitrogen and oxygen atoms in total. The summed E-state index contributed by atoms with van der Waals surface area (Å²) in [6.45, 7) is 3.10. The van der Waals surface area contributed by atoms with Crippen LogP contribution in [-0.4, -0.2) is 38.8 Å². The zero-order valence-corrected chi connectivity index (χ0v) is 11.8. The molecule has 0 spiro atoms. The standard InChI is InChI=1S/C13H15N3O3S/c1-8-4-5-16(11(8)13(17)18)7-10-14-15-12(19-10)9-3-2-6-20-9/h2-3,6,8,11H,4-5,7H2,1H3,(H,17,18). The Hall–Kier alpha value is -1.73. The van der Waals surface area contributed by atoms with Gasteiger partial charge in [0.05, 0.1) is 11.4 Å². The second kappa shape index (κ2) is 5.34. The highest BCUT2D eigenvalue weighted by Gasteiger charge is 2.37. The Bertz CT molecular complexity index is 596. The Morgan fingerprint density at radius 3 is 3.15 bits per heavy atom. The van der Waals surface area contributed by atoms with E-state index in [1.807, 2.05) is 29.3 Å². The Morgan fingerprint density at radius 2 is 2.45 bits per heavy atom. The van der Waals surface area contributed by atoms with Crippen LogP contribution in [0.15, 0.2) is 21.9 Å². The van der Waals surface area contributed by atoms with E-state index in [2.05, 4.69) is 10.2 Å². The van der Waals surface area contributed by atoms with Crippen molar-refractivity contribution in [3.63, 3.8) is 0 Å². The molecule has 7 heteroatoms. The largest absolute Gasteiger partial charge is 0.480 e. The van der Waals surface area contributed by atoms with E-state index in [1.165, 1.54) is 11.3 Å². The summed E-state index contributed by atoms with van der Waals surface area (Å²) in [5.41, 5.74) is 0. The first kappa shape index (κ1) is 13.3. The number of likely N-dealkylation sites (tertiary alicyclic amines) is 1. The summed E-state index contributed by atoms with van der Waals surface area (Å²) in [6, 6.07) is 3.37. The molecule has 1 N–H and O–H groups in total. The highest BCUT2D eigenvalue weighted by atomic mass is 32.1. The lowest BCUT2D eigenvalue weighted by Crippen LogP contribution is -2.38. The highest BCUT2D eigenvalue weighted by molar-refractivity contribution is 7.13. The molecular formula is C13H15N3O3S. The fourth-order valence-corrected chi connectivity index (χ4v) is 3.24. The third-order valence-corrected chi connectivity index (χ3v) is 4.45. The van der Waals surface area contributed by atoms with Gasteiger partial charge in [0.1, 0.15) is 6.04 Å². The molecule has 1 saturated heterocycles. The van der Waals surface area contributed by atoms with E-state index >= 15 is 0 Å². The van der Waals surface area contributed by atoms with Crippen molar-refractivity contribution in [3.05, 3.63) is 23.4 Å². The molecule has 1 fully saturated rings. The van der Waals surface area contributed by atoms with Gasteiger partial charge < -0.3 is 9.52 Å². The van der Waals surface area contributed by atoms with Crippen molar-refractivity contribution in [1.29, 1.82) is 0 Å². The normalized spacial score (nSPS) is 23.2. The number of carbonyl (C=O) groups is 1. The number of carboxylic acids is 1. The molecule has 2 aromatic rings. The molecule has 0 saturated carbocycles. The minimum Gasteiger partial charge on any atom is -0.480 e. The van der Waals surface area contributed by atoms with Gasteiger partial charge in [0.2, 0.25) is 5.89 Å².